The van der Waals surface area contributed by atoms with Gasteiger partial charge in [0.2, 0.25) is 5.95 Å². The van der Waals surface area contributed by atoms with Crippen molar-refractivity contribution in [2.75, 3.05) is 0 Å². The summed E-state index contributed by atoms with van der Waals surface area (Å²) in [5.74, 6) is 0.653. The standard InChI is InChI=1S/C36H21N3O/c1-2-10-23-20-32-29(19-22(23)9-1)25-11-4-7-15-31(25)39(32)36-37-30-14-6-3-13-28(30)35(38-36)24-17-18-27-26-12-5-8-16-33(26)40-34(27)21-24/h1-21H. The lowest BCUT2D eigenvalue weighted by Gasteiger charge is -2.12. The molecule has 0 fully saturated rings. The molecule has 40 heavy (non-hydrogen) atoms. The van der Waals surface area contributed by atoms with Crippen molar-refractivity contribution in [2.45, 2.75) is 0 Å². The summed E-state index contributed by atoms with van der Waals surface area (Å²) in [5.41, 5.74) is 6.70. The second kappa shape index (κ2) is 8.01. The van der Waals surface area contributed by atoms with Gasteiger partial charge >= 0.3 is 0 Å². The van der Waals surface area contributed by atoms with Gasteiger partial charge in [-0.3, -0.25) is 4.57 Å². The van der Waals surface area contributed by atoms with E-state index >= 15 is 0 Å². The molecule has 0 aliphatic rings. The zero-order chi connectivity index (χ0) is 26.2. The molecule has 6 aromatic carbocycles. The molecule has 0 saturated carbocycles. The SMILES string of the molecule is c1ccc2cc3c(cc2c1)c1ccccc1n3-c1nc(-c2ccc3c(c2)oc2ccccc23)c2ccccc2n1. The normalized spacial score (nSPS) is 12.0. The second-order valence-electron chi connectivity index (χ2n) is 10.3. The van der Waals surface area contributed by atoms with Gasteiger partial charge in [-0.15, -0.1) is 0 Å². The fraction of sp³-hybridized carbons (Fsp3) is 0. The molecule has 9 aromatic rings. The van der Waals surface area contributed by atoms with Gasteiger partial charge < -0.3 is 4.42 Å². The summed E-state index contributed by atoms with van der Waals surface area (Å²) in [4.78, 5) is 10.4. The number of rotatable bonds is 2. The molecule has 3 aromatic heterocycles. The van der Waals surface area contributed by atoms with Crippen LogP contribution in [0.1, 0.15) is 0 Å². The zero-order valence-electron chi connectivity index (χ0n) is 21.4. The van der Waals surface area contributed by atoms with Crippen LogP contribution in [0.5, 0.6) is 0 Å². The molecular formula is C36H21N3O. The van der Waals surface area contributed by atoms with Gasteiger partial charge in [-0.05, 0) is 53.2 Å². The van der Waals surface area contributed by atoms with Crippen LogP contribution in [0.15, 0.2) is 132 Å². The summed E-state index contributed by atoms with van der Waals surface area (Å²) in [6, 6.07) is 44.3. The molecule has 0 radical (unpaired) electrons. The largest absolute Gasteiger partial charge is 0.456 e. The maximum absolute atomic E-state index is 6.24. The Hall–Kier alpha value is -5.48. The van der Waals surface area contributed by atoms with Gasteiger partial charge in [0.15, 0.2) is 0 Å². The third kappa shape index (κ3) is 3.01. The Kier molecular flexibility index (Phi) is 4.30. The third-order valence-electron chi connectivity index (χ3n) is 7.98. The summed E-state index contributed by atoms with van der Waals surface area (Å²) in [6.45, 7) is 0. The molecule has 0 spiro atoms. The van der Waals surface area contributed by atoms with Crippen molar-refractivity contribution < 1.29 is 4.42 Å². The molecule has 0 amide bonds. The van der Waals surface area contributed by atoms with Gasteiger partial charge in [-0.25, -0.2) is 9.97 Å². The molecule has 4 heteroatoms. The van der Waals surface area contributed by atoms with E-state index in [-0.39, 0.29) is 0 Å². The highest BCUT2D eigenvalue weighted by atomic mass is 16.3. The van der Waals surface area contributed by atoms with E-state index in [9.17, 15) is 0 Å². The minimum Gasteiger partial charge on any atom is -0.456 e. The molecule has 0 atom stereocenters. The average molecular weight is 512 g/mol. The van der Waals surface area contributed by atoms with Crippen molar-refractivity contribution in [3.8, 4) is 17.2 Å². The van der Waals surface area contributed by atoms with Crippen LogP contribution in [0.4, 0.5) is 0 Å². The predicted octanol–water partition coefficient (Wildman–Crippen LogP) is 9.45. The van der Waals surface area contributed by atoms with Crippen molar-refractivity contribution in [3.05, 3.63) is 127 Å². The monoisotopic (exact) mass is 511 g/mol. The molecular weight excluding hydrogens is 490 g/mol. The lowest BCUT2D eigenvalue weighted by Crippen LogP contribution is -2.03. The van der Waals surface area contributed by atoms with Crippen LogP contribution in [0.25, 0.3) is 82.6 Å². The minimum absolute atomic E-state index is 0.653. The molecule has 4 nitrogen and oxygen atoms in total. The van der Waals surface area contributed by atoms with Crippen LogP contribution in [0.2, 0.25) is 0 Å². The van der Waals surface area contributed by atoms with Gasteiger partial charge in [0.05, 0.1) is 22.2 Å². The lowest BCUT2D eigenvalue weighted by atomic mass is 10.0. The molecule has 3 heterocycles. The van der Waals surface area contributed by atoms with Gasteiger partial charge in [-0.2, -0.15) is 0 Å². The topological polar surface area (TPSA) is 43.9 Å². The van der Waals surface area contributed by atoms with E-state index in [1.807, 2.05) is 30.3 Å². The van der Waals surface area contributed by atoms with Crippen molar-refractivity contribution in [1.82, 2.24) is 14.5 Å². The average Bonchev–Trinajstić information content (AvgIpc) is 3.54. The van der Waals surface area contributed by atoms with Crippen LogP contribution in [-0.2, 0) is 0 Å². The zero-order valence-corrected chi connectivity index (χ0v) is 21.4. The number of para-hydroxylation sites is 3. The van der Waals surface area contributed by atoms with Gasteiger partial charge in [-0.1, -0.05) is 84.9 Å². The summed E-state index contributed by atoms with van der Waals surface area (Å²) < 4.78 is 8.44. The second-order valence-corrected chi connectivity index (χ2v) is 10.3. The smallest absolute Gasteiger partial charge is 0.235 e. The summed E-state index contributed by atoms with van der Waals surface area (Å²) in [7, 11) is 0. The van der Waals surface area contributed by atoms with Crippen LogP contribution in [0, 0.1) is 0 Å². The highest BCUT2D eigenvalue weighted by Crippen LogP contribution is 2.37. The quantitative estimate of drug-likeness (QED) is 0.232. The van der Waals surface area contributed by atoms with Crippen molar-refractivity contribution in [1.29, 1.82) is 0 Å². The summed E-state index contributed by atoms with van der Waals surface area (Å²) in [6.07, 6.45) is 0. The molecule has 186 valence electrons. The van der Waals surface area contributed by atoms with Crippen LogP contribution >= 0.6 is 0 Å². The Balaban J connectivity index is 1.36. The Morgan fingerprint density at radius 1 is 0.475 bits per heavy atom. The Morgan fingerprint density at radius 3 is 2.08 bits per heavy atom. The highest BCUT2D eigenvalue weighted by Gasteiger charge is 2.18. The Bertz CT molecular complexity index is 2450. The number of nitrogens with zero attached hydrogens (tertiary/aromatic N) is 3. The first kappa shape index (κ1) is 21.5. The Morgan fingerprint density at radius 2 is 1.18 bits per heavy atom. The highest BCUT2D eigenvalue weighted by molar-refractivity contribution is 6.13. The number of hydrogen-bond acceptors (Lipinski definition) is 3. The molecule has 0 bridgehead atoms. The van der Waals surface area contributed by atoms with Crippen LogP contribution in [-0.4, -0.2) is 14.5 Å². The van der Waals surface area contributed by atoms with Gasteiger partial charge in [0.1, 0.15) is 11.2 Å². The summed E-state index contributed by atoms with van der Waals surface area (Å²) >= 11 is 0. The first-order valence-electron chi connectivity index (χ1n) is 13.4. The van der Waals surface area contributed by atoms with Gasteiger partial charge in [0, 0.05) is 32.5 Å². The van der Waals surface area contributed by atoms with Crippen molar-refractivity contribution >= 4 is 65.4 Å². The Labute approximate surface area is 228 Å². The van der Waals surface area contributed by atoms with Crippen molar-refractivity contribution in [3.63, 3.8) is 0 Å². The fourth-order valence-electron chi connectivity index (χ4n) is 6.13. The number of hydrogen-bond donors (Lipinski definition) is 0. The van der Waals surface area contributed by atoms with E-state index in [2.05, 4.69) is 102 Å². The lowest BCUT2D eigenvalue weighted by molar-refractivity contribution is 0.669. The van der Waals surface area contributed by atoms with E-state index in [0.717, 1.165) is 55.1 Å². The van der Waals surface area contributed by atoms with Crippen LogP contribution < -0.4 is 0 Å². The predicted molar refractivity (Wildman–Crippen MR) is 164 cm³/mol. The molecule has 0 unspecified atom stereocenters. The maximum atomic E-state index is 6.24. The van der Waals surface area contributed by atoms with Crippen molar-refractivity contribution in [2.24, 2.45) is 0 Å². The first-order chi connectivity index (χ1) is 19.8. The maximum Gasteiger partial charge on any atom is 0.235 e. The minimum atomic E-state index is 0.653. The number of benzene rings is 6. The third-order valence-corrected chi connectivity index (χ3v) is 7.98. The van der Waals surface area contributed by atoms with E-state index < -0.39 is 0 Å². The molecule has 0 aliphatic heterocycles. The molecule has 0 aliphatic carbocycles. The number of fused-ring (bicyclic) bond motifs is 8. The van der Waals surface area contributed by atoms with Gasteiger partial charge in [0.25, 0.3) is 0 Å². The number of aromatic nitrogens is 3. The number of furan rings is 1. The molecule has 0 saturated heterocycles. The molecule has 9 rings (SSSR count). The van der Waals surface area contributed by atoms with E-state index in [4.69, 9.17) is 14.4 Å². The van der Waals surface area contributed by atoms with E-state index in [0.29, 0.717) is 5.95 Å². The fourth-order valence-corrected chi connectivity index (χ4v) is 6.13. The van der Waals surface area contributed by atoms with E-state index in [1.54, 1.807) is 0 Å². The van der Waals surface area contributed by atoms with Crippen LogP contribution in [0.3, 0.4) is 0 Å². The molecule has 0 N–H and O–H groups in total. The van der Waals surface area contributed by atoms with E-state index in [1.165, 1.54) is 21.5 Å². The first-order valence-corrected chi connectivity index (χ1v) is 13.4. The summed E-state index contributed by atoms with van der Waals surface area (Å²) in [5, 5.41) is 8.02.